The zero-order valence-corrected chi connectivity index (χ0v) is 21.7. The van der Waals surface area contributed by atoms with Crippen LogP contribution in [0.4, 0.5) is 5.69 Å². The molecule has 0 fully saturated rings. The van der Waals surface area contributed by atoms with Gasteiger partial charge in [-0.3, -0.25) is 4.57 Å². The van der Waals surface area contributed by atoms with Crippen LogP contribution in [0.2, 0.25) is 0 Å². The van der Waals surface area contributed by atoms with Gasteiger partial charge >= 0.3 is 7.60 Å². The molecule has 2 rings (SSSR count). The number of thioether (sulfide) groups is 1. The highest BCUT2D eigenvalue weighted by molar-refractivity contribution is 8.05. The molecule has 1 heterocycles. The molecular formula is C21H36NO4PS2. The zero-order valence-electron chi connectivity index (χ0n) is 19.1. The van der Waals surface area contributed by atoms with E-state index in [0.29, 0.717) is 0 Å². The number of ether oxygens (including phenoxy) is 1. The summed E-state index contributed by atoms with van der Waals surface area (Å²) in [6.45, 7) is 17.2. The molecule has 0 spiro atoms. The number of fused-ring (bicyclic) bond motifs is 1. The Morgan fingerprint density at radius 2 is 1.69 bits per heavy atom. The van der Waals surface area contributed by atoms with Crippen molar-refractivity contribution in [1.82, 2.24) is 0 Å². The Bertz CT molecular complexity index is 778. The summed E-state index contributed by atoms with van der Waals surface area (Å²) >= 11 is 6.21. The van der Waals surface area contributed by atoms with Crippen molar-refractivity contribution in [2.45, 2.75) is 76.3 Å². The summed E-state index contributed by atoms with van der Waals surface area (Å²) in [7, 11) is -3.47. The van der Waals surface area contributed by atoms with Gasteiger partial charge in [0.05, 0.1) is 18.9 Å². The predicted molar refractivity (Wildman–Crippen MR) is 128 cm³/mol. The van der Waals surface area contributed by atoms with E-state index < -0.39 is 17.6 Å². The number of rotatable bonds is 7. The van der Waals surface area contributed by atoms with Gasteiger partial charge in [0.25, 0.3) is 0 Å². The topological polar surface area (TPSA) is 56.8 Å². The maximum absolute atomic E-state index is 13.6. The third-order valence-corrected chi connectivity index (χ3v) is 10.00. The van der Waals surface area contributed by atoms with Crippen molar-refractivity contribution in [3.63, 3.8) is 0 Å². The van der Waals surface area contributed by atoms with Crippen molar-refractivity contribution >= 4 is 37.7 Å². The van der Waals surface area contributed by atoms with Crippen molar-refractivity contribution in [1.29, 1.82) is 0 Å². The van der Waals surface area contributed by atoms with Crippen LogP contribution in [0.1, 0.15) is 66.5 Å². The summed E-state index contributed by atoms with van der Waals surface area (Å²) < 4.78 is 31.2. The molecule has 1 aromatic carbocycles. The van der Waals surface area contributed by atoms with Crippen molar-refractivity contribution in [2.24, 2.45) is 0 Å². The third-order valence-electron chi connectivity index (χ3n) is 4.80. The normalized spacial score (nSPS) is 20.8. The van der Waals surface area contributed by atoms with Crippen LogP contribution in [-0.4, -0.2) is 29.5 Å². The molecule has 1 aliphatic rings. The van der Waals surface area contributed by atoms with E-state index >= 15 is 0 Å². The molecule has 1 aliphatic heterocycles. The summed E-state index contributed by atoms with van der Waals surface area (Å²) in [6, 6.07) is 4.31. The fraction of sp³-hybridized carbons (Fsp3) is 0.714. The van der Waals surface area contributed by atoms with Gasteiger partial charge in [-0.15, -0.1) is 24.4 Å². The molecule has 0 aromatic heterocycles. The minimum absolute atomic E-state index is 0.0244. The van der Waals surface area contributed by atoms with Gasteiger partial charge in [0.2, 0.25) is 5.06 Å². The first kappa shape index (κ1) is 24.9. The molecule has 1 N–H and O–H groups in total. The smallest absolute Gasteiger partial charge is 0.350 e. The number of anilines is 1. The van der Waals surface area contributed by atoms with E-state index in [0.717, 1.165) is 17.0 Å². The highest BCUT2D eigenvalue weighted by atomic mass is 32.2. The van der Waals surface area contributed by atoms with E-state index in [2.05, 4.69) is 59.0 Å². The monoisotopic (exact) mass is 461 g/mol. The van der Waals surface area contributed by atoms with Gasteiger partial charge in [-0.2, -0.15) is 0 Å². The molecule has 0 bridgehead atoms. The number of hydrogen-bond donors (Lipinski definition) is 2. The summed E-state index contributed by atoms with van der Waals surface area (Å²) in [4.78, 5) is -0.656. The van der Waals surface area contributed by atoms with Crippen LogP contribution in [0.25, 0.3) is 0 Å². The Kier molecular flexibility index (Phi) is 7.45. The van der Waals surface area contributed by atoms with E-state index in [9.17, 15) is 4.57 Å². The van der Waals surface area contributed by atoms with Crippen LogP contribution in [0.15, 0.2) is 12.1 Å². The third kappa shape index (κ3) is 5.12. The minimum Gasteiger partial charge on any atom is -0.455 e. The van der Waals surface area contributed by atoms with Gasteiger partial charge in [0.15, 0.2) is 10.7 Å². The average Bonchev–Trinajstić information content (AvgIpc) is 2.89. The maximum Gasteiger partial charge on any atom is 0.350 e. The lowest BCUT2D eigenvalue weighted by Gasteiger charge is -2.35. The number of hydrogen-bond acceptors (Lipinski definition) is 7. The Labute approximate surface area is 186 Å². The van der Waals surface area contributed by atoms with Crippen LogP contribution in [0.5, 0.6) is 5.75 Å². The number of benzene rings is 1. The largest absolute Gasteiger partial charge is 0.455 e. The van der Waals surface area contributed by atoms with E-state index in [-0.39, 0.29) is 24.0 Å². The van der Waals surface area contributed by atoms with Crippen molar-refractivity contribution < 1.29 is 18.3 Å². The molecule has 8 heteroatoms. The second kappa shape index (κ2) is 8.66. The fourth-order valence-corrected chi connectivity index (χ4v) is 7.73. The van der Waals surface area contributed by atoms with Gasteiger partial charge < -0.3 is 19.1 Å². The molecule has 1 aromatic rings. The van der Waals surface area contributed by atoms with Gasteiger partial charge in [-0.25, -0.2) is 0 Å². The fourth-order valence-electron chi connectivity index (χ4n) is 3.34. The van der Waals surface area contributed by atoms with Crippen LogP contribution < -0.4 is 10.1 Å². The quantitative estimate of drug-likeness (QED) is 0.351. The van der Waals surface area contributed by atoms with E-state index in [1.807, 2.05) is 6.26 Å². The molecule has 29 heavy (non-hydrogen) atoms. The van der Waals surface area contributed by atoms with Gasteiger partial charge in [0.1, 0.15) is 0 Å². The lowest BCUT2D eigenvalue weighted by Crippen LogP contribution is -2.45. The Hall–Kier alpha value is -0.330. The first-order chi connectivity index (χ1) is 13.2. The molecule has 2 unspecified atom stereocenters. The van der Waals surface area contributed by atoms with Gasteiger partial charge in [-0.1, -0.05) is 47.6 Å². The Morgan fingerprint density at radius 3 is 2.10 bits per heavy atom. The lowest BCUT2D eigenvalue weighted by molar-refractivity contribution is 0.183. The second-order valence-electron chi connectivity index (χ2n) is 9.29. The molecule has 0 radical (unpaired) electrons. The Morgan fingerprint density at radius 1 is 1.14 bits per heavy atom. The molecule has 166 valence electrons. The van der Waals surface area contributed by atoms with Crippen molar-refractivity contribution in [3.05, 3.63) is 23.3 Å². The molecular weight excluding hydrogens is 425 g/mol. The first-order valence-corrected chi connectivity index (χ1v) is 13.4. The van der Waals surface area contributed by atoms with Crippen LogP contribution in [-0.2, 0) is 24.4 Å². The summed E-state index contributed by atoms with van der Waals surface area (Å²) in [5.41, 5.74) is 2.99. The van der Waals surface area contributed by atoms with E-state index in [1.54, 1.807) is 13.8 Å². The van der Waals surface area contributed by atoms with Crippen molar-refractivity contribution in [2.75, 3.05) is 24.8 Å². The molecule has 0 saturated heterocycles. The molecule has 5 nitrogen and oxygen atoms in total. The second-order valence-corrected chi connectivity index (χ2v) is 13.4. The first-order valence-electron chi connectivity index (χ1n) is 10.0. The van der Waals surface area contributed by atoms with Gasteiger partial charge in [-0.05, 0) is 42.6 Å². The lowest BCUT2D eigenvalue weighted by atomic mass is 9.80. The number of thiol groups is 1. The molecule has 2 atom stereocenters. The average molecular weight is 462 g/mol. The van der Waals surface area contributed by atoms with Crippen LogP contribution >= 0.6 is 32.0 Å². The molecule has 0 aliphatic carbocycles. The highest BCUT2D eigenvalue weighted by Gasteiger charge is 2.55. The standard InChI is InChI=1S/C21H36NO4PS2/c1-10-24-27(23,25-11-2)18(29-9)21(28)22-16-13-14(19(3,4)5)12-15(17(16)26-21)20(6,7)8/h12-13,18,22,28H,10-11H2,1-9H3. The number of nitrogens with one attached hydrogen (secondary N) is 1. The van der Waals surface area contributed by atoms with Crippen molar-refractivity contribution in [3.8, 4) is 5.75 Å². The SMILES string of the molecule is CCOP(=O)(OCC)C(SC)C1(S)Nc2cc(C(C)(C)C)cc(C(C)(C)C)c2O1. The predicted octanol–water partition coefficient (Wildman–Crippen LogP) is 6.62. The zero-order chi connectivity index (χ0) is 22.3. The van der Waals surface area contributed by atoms with Crippen LogP contribution in [0.3, 0.4) is 0 Å². The molecule has 0 saturated carbocycles. The van der Waals surface area contributed by atoms with E-state index in [4.69, 9.17) is 26.4 Å². The summed E-state index contributed by atoms with van der Waals surface area (Å²) in [5.74, 6) is 0.749. The van der Waals surface area contributed by atoms with Crippen LogP contribution in [0, 0.1) is 0 Å². The van der Waals surface area contributed by atoms with Gasteiger partial charge in [0, 0.05) is 5.56 Å². The molecule has 0 amide bonds. The Balaban J connectivity index is 2.58. The summed E-state index contributed by atoms with van der Waals surface area (Å²) in [6.07, 6.45) is 1.87. The maximum atomic E-state index is 13.6. The minimum atomic E-state index is -3.47. The highest BCUT2D eigenvalue weighted by Crippen LogP contribution is 2.63. The van der Waals surface area contributed by atoms with E-state index in [1.165, 1.54) is 17.3 Å². The summed E-state index contributed by atoms with van der Waals surface area (Å²) in [5, 5.41) is 2.17.